The number of ether oxygens (including phenoxy) is 3. The molecule has 1 saturated heterocycles. The molecule has 0 aliphatic carbocycles. The molecule has 1 atom stereocenters. The fraction of sp³-hybridized carbons (Fsp3) is 0.500. The maximum atomic E-state index is 13.5. The van der Waals surface area contributed by atoms with Crippen molar-refractivity contribution >= 4 is 5.97 Å². The van der Waals surface area contributed by atoms with Crippen molar-refractivity contribution in [2.45, 2.75) is 25.6 Å². The first-order valence-electron chi connectivity index (χ1n) is 6.55. The van der Waals surface area contributed by atoms with Gasteiger partial charge in [0.15, 0.2) is 17.9 Å². The zero-order valence-electron chi connectivity index (χ0n) is 11.0. The fourth-order valence-electron chi connectivity index (χ4n) is 1.92. The van der Waals surface area contributed by atoms with Gasteiger partial charge in [-0.3, -0.25) is 0 Å². The van der Waals surface area contributed by atoms with Crippen LogP contribution < -0.4 is 4.74 Å². The number of carboxylic acids is 1. The third-order valence-electron chi connectivity index (χ3n) is 2.96. The first kappa shape index (κ1) is 14.7. The van der Waals surface area contributed by atoms with E-state index < -0.39 is 11.8 Å². The number of carboxylic acid groups (broad SMARTS) is 1. The molecule has 110 valence electrons. The highest BCUT2D eigenvalue weighted by atomic mass is 19.1. The predicted molar refractivity (Wildman–Crippen MR) is 68.4 cm³/mol. The van der Waals surface area contributed by atoms with Crippen molar-refractivity contribution in [3.63, 3.8) is 0 Å². The third-order valence-corrected chi connectivity index (χ3v) is 2.96. The normalized spacial score (nSPS) is 18.8. The van der Waals surface area contributed by atoms with Crippen LogP contribution in [-0.2, 0) is 9.47 Å². The molecule has 1 aliphatic rings. The Hall–Kier alpha value is -1.66. The van der Waals surface area contributed by atoms with Gasteiger partial charge in [0, 0.05) is 6.61 Å². The van der Waals surface area contributed by atoms with Crippen molar-refractivity contribution in [1.82, 2.24) is 0 Å². The van der Waals surface area contributed by atoms with Crippen LogP contribution >= 0.6 is 0 Å². The Morgan fingerprint density at radius 1 is 1.40 bits per heavy atom. The molecule has 1 aliphatic heterocycles. The van der Waals surface area contributed by atoms with Crippen LogP contribution in [0.4, 0.5) is 4.39 Å². The molecule has 1 aromatic rings. The van der Waals surface area contributed by atoms with Gasteiger partial charge < -0.3 is 19.3 Å². The van der Waals surface area contributed by atoms with Gasteiger partial charge in [-0.25, -0.2) is 9.18 Å². The van der Waals surface area contributed by atoms with Crippen LogP contribution in [-0.4, -0.2) is 37.2 Å². The number of aromatic carboxylic acids is 1. The van der Waals surface area contributed by atoms with Crippen LogP contribution in [0.25, 0.3) is 0 Å². The monoisotopic (exact) mass is 284 g/mol. The van der Waals surface area contributed by atoms with Crippen molar-refractivity contribution in [3.05, 3.63) is 29.6 Å². The zero-order valence-corrected chi connectivity index (χ0v) is 11.0. The van der Waals surface area contributed by atoms with Crippen LogP contribution in [0.15, 0.2) is 18.2 Å². The number of benzene rings is 1. The topological polar surface area (TPSA) is 65.0 Å². The summed E-state index contributed by atoms with van der Waals surface area (Å²) >= 11 is 0. The quantitative estimate of drug-likeness (QED) is 0.813. The van der Waals surface area contributed by atoms with E-state index in [0.717, 1.165) is 25.3 Å². The molecule has 0 radical (unpaired) electrons. The van der Waals surface area contributed by atoms with Gasteiger partial charge >= 0.3 is 5.97 Å². The molecule has 1 aromatic carbocycles. The molecule has 0 saturated carbocycles. The highest BCUT2D eigenvalue weighted by molar-refractivity contribution is 5.87. The molecular weight excluding hydrogens is 267 g/mol. The second kappa shape index (κ2) is 7.21. The molecule has 5 nitrogen and oxygen atoms in total. The molecule has 6 heteroatoms. The maximum Gasteiger partial charge on any atom is 0.335 e. The minimum absolute atomic E-state index is 0.0168. The molecule has 1 unspecified atom stereocenters. The van der Waals surface area contributed by atoms with E-state index in [2.05, 4.69) is 0 Å². The molecule has 0 aromatic heterocycles. The van der Waals surface area contributed by atoms with Crippen molar-refractivity contribution in [2.24, 2.45) is 0 Å². The zero-order chi connectivity index (χ0) is 14.4. The summed E-state index contributed by atoms with van der Waals surface area (Å²) in [4.78, 5) is 10.7. The molecule has 1 heterocycles. The van der Waals surface area contributed by atoms with E-state index in [0.29, 0.717) is 13.2 Å². The summed E-state index contributed by atoms with van der Waals surface area (Å²) < 4.78 is 29.6. The van der Waals surface area contributed by atoms with Crippen molar-refractivity contribution in [3.8, 4) is 5.75 Å². The molecule has 1 N–H and O–H groups in total. The maximum absolute atomic E-state index is 13.5. The molecule has 2 rings (SSSR count). The Morgan fingerprint density at radius 3 is 2.90 bits per heavy atom. The van der Waals surface area contributed by atoms with Gasteiger partial charge in [-0.1, -0.05) is 0 Å². The molecular formula is C14H17FO5. The minimum atomic E-state index is -1.17. The first-order valence-corrected chi connectivity index (χ1v) is 6.55. The standard InChI is InChI=1S/C14H17FO5/c15-11-9-10(14(16)17)4-5-12(11)18-7-8-20-13-3-1-2-6-19-13/h4-5,9,13H,1-3,6-8H2,(H,16,17). The lowest BCUT2D eigenvalue weighted by Gasteiger charge is -2.22. The molecule has 20 heavy (non-hydrogen) atoms. The van der Waals surface area contributed by atoms with E-state index in [-0.39, 0.29) is 24.2 Å². The Labute approximate surface area is 116 Å². The van der Waals surface area contributed by atoms with Gasteiger partial charge in [-0.15, -0.1) is 0 Å². The second-order valence-electron chi connectivity index (χ2n) is 4.47. The summed E-state index contributed by atoms with van der Waals surface area (Å²) in [6.07, 6.45) is 2.79. The summed E-state index contributed by atoms with van der Waals surface area (Å²) in [5.74, 6) is -1.85. The lowest BCUT2D eigenvalue weighted by Crippen LogP contribution is -2.24. The van der Waals surface area contributed by atoms with Crippen LogP contribution in [0.1, 0.15) is 29.6 Å². The number of carbonyl (C=O) groups is 1. The lowest BCUT2D eigenvalue weighted by atomic mass is 10.2. The van der Waals surface area contributed by atoms with Crippen molar-refractivity contribution in [1.29, 1.82) is 0 Å². The van der Waals surface area contributed by atoms with Gasteiger partial charge in [0.2, 0.25) is 0 Å². The van der Waals surface area contributed by atoms with Gasteiger partial charge in [0.25, 0.3) is 0 Å². The number of hydrogen-bond donors (Lipinski definition) is 1. The van der Waals surface area contributed by atoms with Gasteiger partial charge in [-0.2, -0.15) is 0 Å². The van der Waals surface area contributed by atoms with Crippen LogP contribution in [0.2, 0.25) is 0 Å². The Kier molecular flexibility index (Phi) is 5.31. The average Bonchev–Trinajstić information content (AvgIpc) is 2.46. The summed E-state index contributed by atoms with van der Waals surface area (Å²) in [5.41, 5.74) is -0.110. The number of rotatable bonds is 6. The third kappa shape index (κ3) is 4.18. The van der Waals surface area contributed by atoms with E-state index in [1.54, 1.807) is 0 Å². The first-order chi connectivity index (χ1) is 9.66. The van der Waals surface area contributed by atoms with E-state index in [1.807, 2.05) is 0 Å². The van der Waals surface area contributed by atoms with E-state index in [9.17, 15) is 9.18 Å². The minimum Gasteiger partial charge on any atom is -0.488 e. The van der Waals surface area contributed by atoms with E-state index in [1.165, 1.54) is 12.1 Å². The lowest BCUT2D eigenvalue weighted by molar-refractivity contribution is -0.165. The molecule has 0 bridgehead atoms. The Bertz CT molecular complexity index is 457. The van der Waals surface area contributed by atoms with Gasteiger partial charge in [-0.05, 0) is 37.5 Å². The Balaban J connectivity index is 1.74. The predicted octanol–water partition coefficient (Wildman–Crippen LogP) is 2.45. The smallest absolute Gasteiger partial charge is 0.335 e. The average molecular weight is 284 g/mol. The van der Waals surface area contributed by atoms with E-state index >= 15 is 0 Å². The Morgan fingerprint density at radius 2 is 2.25 bits per heavy atom. The largest absolute Gasteiger partial charge is 0.488 e. The van der Waals surface area contributed by atoms with Crippen LogP contribution in [0.5, 0.6) is 5.75 Å². The summed E-state index contributed by atoms with van der Waals surface area (Å²) in [6.45, 7) is 1.19. The number of halogens is 1. The summed E-state index contributed by atoms with van der Waals surface area (Å²) in [5, 5.41) is 8.72. The summed E-state index contributed by atoms with van der Waals surface area (Å²) in [7, 11) is 0. The molecule has 0 amide bonds. The molecule has 1 fully saturated rings. The van der Waals surface area contributed by atoms with Gasteiger partial charge in [0.1, 0.15) is 6.61 Å². The van der Waals surface area contributed by atoms with Crippen LogP contribution in [0, 0.1) is 5.82 Å². The highest BCUT2D eigenvalue weighted by Gasteiger charge is 2.14. The fourth-order valence-corrected chi connectivity index (χ4v) is 1.92. The SMILES string of the molecule is O=C(O)c1ccc(OCCOC2CCCCO2)c(F)c1. The van der Waals surface area contributed by atoms with Crippen molar-refractivity contribution < 1.29 is 28.5 Å². The summed E-state index contributed by atoms with van der Waals surface area (Å²) in [6, 6.07) is 3.53. The second-order valence-corrected chi connectivity index (χ2v) is 4.47. The van der Waals surface area contributed by atoms with E-state index in [4.69, 9.17) is 19.3 Å². The van der Waals surface area contributed by atoms with Crippen molar-refractivity contribution in [2.75, 3.05) is 19.8 Å². The van der Waals surface area contributed by atoms with Gasteiger partial charge in [0.05, 0.1) is 12.2 Å². The van der Waals surface area contributed by atoms with Crippen LogP contribution in [0.3, 0.4) is 0 Å². The molecule has 0 spiro atoms. The highest BCUT2D eigenvalue weighted by Crippen LogP contribution is 2.18. The number of hydrogen-bond acceptors (Lipinski definition) is 4.